The molecule has 30 heavy (non-hydrogen) atoms. The third-order valence-electron chi connectivity index (χ3n) is 3.96. The van der Waals surface area contributed by atoms with Gasteiger partial charge in [-0.25, -0.2) is 4.39 Å². The number of hydrogen-bond donors (Lipinski definition) is 1. The summed E-state index contributed by atoms with van der Waals surface area (Å²) in [5.74, 6) is 0.860. The van der Waals surface area contributed by atoms with Gasteiger partial charge in [-0.05, 0) is 49.4 Å². The molecule has 7 nitrogen and oxygen atoms in total. The van der Waals surface area contributed by atoms with E-state index < -0.39 is 0 Å². The van der Waals surface area contributed by atoms with Crippen molar-refractivity contribution in [3.63, 3.8) is 0 Å². The van der Waals surface area contributed by atoms with Crippen LogP contribution >= 0.6 is 0 Å². The van der Waals surface area contributed by atoms with E-state index in [1.54, 1.807) is 36.4 Å². The summed E-state index contributed by atoms with van der Waals surface area (Å²) in [7, 11) is 0. The van der Waals surface area contributed by atoms with Crippen molar-refractivity contribution in [3.05, 3.63) is 66.5 Å². The lowest BCUT2D eigenvalue weighted by Gasteiger charge is -2.11. The molecule has 3 rings (SSSR count). The van der Waals surface area contributed by atoms with Crippen LogP contribution in [0.4, 0.5) is 4.39 Å². The third-order valence-corrected chi connectivity index (χ3v) is 3.96. The molecule has 0 saturated heterocycles. The molecule has 156 valence electrons. The normalized spacial score (nSPS) is 10.3. The van der Waals surface area contributed by atoms with Crippen molar-refractivity contribution in [2.75, 3.05) is 26.4 Å². The van der Waals surface area contributed by atoms with E-state index in [0.717, 1.165) is 5.56 Å². The standard InChI is InChI=1S/C22H22FN3O4/c1-2-28-19-5-3-4-6-20(19)30-15-21(27)24-13-14-29-22-12-11-18(25-26-22)16-7-9-17(23)10-8-16/h3-12H,2,13-15H2,1H3,(H,24,27). The predicted octanol–water partition coefficient (Wildman–Crippen LogP) is 3.26. The summed E-state index contributed by atoms with van der Waals surface area (Å²) in [5, 5.41) is 10.7. The first kappa shape index (κ1) is 21.0. The molecule has 0 bridgehead atoms. The van der Waals surface area contributed by atoms with Gasteiger partial charge in [-0.1, -0.05) is 12.1 Å². The Hall–Kier alpha value is -3.68. The van der Waals surface area contributed by atoms with Gasteiger partial charge in [0.15, 0.2) is 18.1 Å². The van der Waals surface area contributed by atoms with Crippen LogP contribution < -0.4 is 19.5 Å². The number of carbonyl (C=O) groups excluding carboxylic acids is 1. The molecule has 1 N–H and O–H groups in total. The lowest BCUT2D eigenvalue weighted by atomic mass is 10.1. The Morgan fingerprint density at radius 1 is 0.933 bits per heavy atom. The van der Waals surface area contributed by atoms with E-state index in [2.05, 4.69) is 15.5 Å². The van der Waals surface area contributed by atoms with Gasteiger partial charge in [0, 0.05) is 11.6 Å². The first-order chi connectivity index (χ1) is 14.7. The van der Waals surface area contributed by atoms with E-state index in [9.17, 15) is 9.18 Å². The zero-order valence-electron chi connectivity index (χ0n) is 16.5. The fourth-order valence-electron chi connectivity index (χ4n) is 2.56. The van der Waals surface area contributed by atoms with Crippen LogP contribution in [0.5, 0.6) is 17.4 Å². The second-order valence-electron chi connectivity index (χ2n) is 6.13. The molecular weight excluding hydrogens is 389 g/mol. The monoisotopic (exact) mass is 411 g/mol. The number of nitrogens with zero attached hydrogens (tertiary/aromatic N) is 2. The zero-order chi connectivity index (χ0) is 21.2. The van der Waals surface area contributed by atoms with Gasteiger partial charge in [0.1, 0.15) is 12.4 Å². The van der Waals surface area contributed by atoms with Crippen molar-refractivity contribution in [2.24, 2.45) is 0 Å². The minimum Gasteiger partial charge on any atom is -0.490 e. The highest BCUT2D eigenvalue weighted by Crippen LogP contribution is 2.26. The highest BCUT2D eigenvalue weighted by molar-refractivity contribution is 5.77. The Bertz CT molecular complexity index is 949. The van der Waals surface area contributed by atoms with Gasteiger partial charge in [-0.2, -0.15) is 0 Å². The largest absolute Gasteiger partial charge is 0.490 e. The van der Waals surface area contributed by atoms with Crippen LogP contribution in [-0.4, -0.2) is 42.5 Å². The van der Waals surface area contributed by atoms with Crippen LogP contribution in [0.3, 0.4) is 0 Å². The van der Waals surface area contributed by atoms with Gasteiger partial charge in [-0.15, -0.1) is 10.2 Å². The molecule has 0 spiro atoms. The molecule has 0 radical (unpaired) electrons. The van der Waals surface area contributed by atoms with E-state index in [0.29, 0.717) is 29.7 Å². The van der Waals surface area contributed by atoms with Crippen molar-refractivity contribution >= 4 is 5.91 Å². The Balaban J connectivity index is 1.38. The lowest BCUT2D eigenvalue weighted by molar-refractivity contribution is -0.123. The number of ether oxygens (including phenoxy) is 3. The van der Waals surface area contributed by atoms with Gasteiger partial charge in [0.2, 0.25) is 5.88 Å². The third kappa shape index (κ3) is 6.16. The van der Waals surface area contributed by atoms with E-state index in [4.69, 9.17) is 14.2 Å². The molecule has 0 aliphatic rings. The van der Waals surface area contributed by atoms with Crippen molar-refractivity contribution < 1.29 is 23.4 Å². The van der Waals surface area contributed by atoms with E-state index >= 15 is 0 Å². The van der Waals surface area contributed by atoms with Gasteiger partial charge < -0.3 is 19.5 Å². The molecule has 1 heterocycles. The number of aromatic nitrogens is 2. The summed E-state index contributed by atoms with van der Waals surface area (Å²) < 4.78 is 29.4. The minimum absolute atomic E-state index is 0.129. The number of rotatable bonds is 10. The fourth-order valence-corrected chi connectivity index (χ4v) is 2.56. The van der Waals surface area contributed by atoms with Crippen molar-refractivity contribution in [1.29, 1.82) is 0 Å². The molecule has 0 unspecified atom stereocenters. The number of hydrogen-bond acceptors (Lipinski definition) is 6. The number of nitrogens with one attached hydrogen (secondary N) is 1. The maximum atomic E-state index is 13.0. The molecule has 0 aliphatic heterocycles. The molecule has 0 saturated carbocycles. The number of halogens is 1. The minimum atomic E-state index is -0.308. The molecule has 1 aromatic heterocycles. The first-order valence-corrected chi connectivity index (χ1v) is 9.49. The average molecular weight is 411 g/mol. The first-order valence-electron chi connectivity index (χ1n) is 9.49. The molecule has 2 aromatic carbocycles. The lowest BCUT2D eigenvalue weighted by Crippen LogP contribution is -2.32. The van der Waals surface area contributed by atoms with Gasteiger partial charge in [-0.3, -0.25) is 4.79 Å². The molecule has 8 heteroatoms. The smallest absolute Gasteiger partial charge is 0.258 e. The Labute approximate surface area is 173 Å². The topological polar surface area (TPSA) is 82.6 Å². The maximum absolute atomic E-state index is 13.0. The Kier molecular flexibility index (Phi) is 7.54. The van der Waals surface area contributed by atoms with Crippen molar-refractivity contribution in [1.82, 2.24) is 15.5 Å². The summed E-state index contributed by atoms with van der Waals surface area (Å²) in [5.41, 5.74) is 1.37. The van der Waals surface area contributed by atoms with Crippen LogP contribution in [0.15, 0.2) is 60.7 Å². The highest BCUT2D eigenvalue weighted by Gasteiger charge is 2.07. The molecule has 1 amide bonds. The van der Waals surface area contributed by atoms with Crippen LogP contribution in [0, 0.1) is 5.82 Å². The van der Waals surface area contributed by atoms with E-state index in [-0.39, 0.29) is 31.5 Å². The Morgan fingerprint density at radius 3 is 2.33 bits per heavy atom. The van der Waals surface area contributed by atoms with E-state index in [1.807, 2.05) is 19.1 Å². The average Bonchev–Trinajstić information content (AvgIpc) is 2.77. The van der Waals surface area contributed by atoms with Crippen molar-refractivity contribution in [2.45, 2.75) is 6.92 Å². The summed E-state index contributed by atoms with van der Waals surface area (Å²) in [6.45, 7) is 2.78. The van der Waals surface area contributed by atoms with Crippen LogP contribution in [0.1, 0.15) is 6.92 Å². The summed E-state index contributed by atoms with van der Waals surface area (Å²) in [4.78, 5) is 11.9. The van der Waals surface area contributed by atoms with Crippen molar-refractivity contribution in [3.8, 4) is 28.6 Å². The molecule has 0 atom stereocenters. The second-order valence-corrected chi connectivity index (χ2v) is 6.13. The number of amides is 1. The molecule has 3 aromatic rings. The van der Waals surface area contributed by atoms with Gasteiger partial charge >= 0.3 is 0 Å². The number of carbonyl (C=O) groups is 1. The second kappa shape index (κ2) is 10.8. The fraction of sp³-hybridized carbons (Fsp3) is 0.227. The summed E-state index contributed by atoms with van der Waals surface area (Å²) >= 11 is 0. The van der Waals surface area contributed by atoms with Gasteiger partial charge in [0.05, 0.1) is 18.8 Å². The molecule has 0 aliphatic carbocycles. The quantitative estimate of drug-likeness (QED) is 0.516. The van der Waals surface area contributed by atoms with Crippen LogP contribution in [0.25, 0.3) is 11.3 Å². The van der Waals surface area contributed by atoms with Crippen LogP contribution in [-0.2, 0) is 4.79 Å². The Morgan fingerprint density at radius 2 is 1.67 bits per heavy atom. The molecular formula is C22H22FN3O4. The highest BCUT2D eigenvalue weighted by atomic mass is 19.1. The zero-order valence-corrected chi connectivity index (χ0v) is 16.5. The number of benzene rings is 2. The predicted molar refractivity (Wildman–Crippen MR) is 109 cm³/mol. The maximum Gasteiger partial charge on any atom is 0.258 e. The number of para-hydroxylation sites is 2. The summed E-state index contributed by atoms with van der Waals surface area (Å²) in [6.07, 6.45) is 0. The summed E-state index contributed by atoms with van der Waals surface area (Å²) in [6, 6.07) is 16.6. The van der Waals surface area contributed by atoms with Gasteiger partial charge in [0.25, 0.3) is 5.91 Å². The molecule has 0 fully saturated rings. The van der Waals surface area contributed by atoms with E-state index in [1.165, 1.54) is 12.1 Å². The SMILES string of the molecule is CCOc1ccccc1OCC(=O)NCCOc1ccc(-c2ccc(F)cc2)nn1. The van der Waals surface area contributed by atoms with Crippen LogP contribution in [0.2, 0.25) is 0 Å².